The molecule has 0 aliphatic rings. The highest BCUT2D eigenvalue weighted by molar-refractivity contribution is 6.11. The number of halogens is 6. The predicted octanol–water partition coefficient (Wildman–Crippen LogP) is 15.7. The van der Waals surface area contributed by atoms with E-state index in [1.807, 2.05) is 60.7 Å². The van der Waals surface area contributed by atoms with E-state index in [4.69, 9.17) is 0 Å². The number of hydrogen-bond acceptors (Lipinski definition) is 1. The van der Waals surface area contributed by atoms with Gasteiger partial charge in [0.2, 0.25) is 0 Å². The zero-order chi connectivity index (χ0) is 44.1. The van der Waals surface area contributed by atoms with Gasteiger partial charge in [0.25, 0.3) is 0 Å². The Morgan fingerprint density at radius 3 is 1.52 bits per heavy atom. The van der Waals surface area contributed by atoms with Crippen LogP contribution < -0.4 is 0 Å². The molecule has 9 rings (SSSR count). The second kappa shape index (κ2) is 14.1. The van der Waals surface area contributed by atoms with E-state index in [1.165, 1.54) is 6.07 Å². The summed E-state index contributed by atoms with van der Waals surface area (Å²) in [7, 11) is 0. The van der Waals surface area contributed by atoms with Gasteiger partial charge in [-0.3, -0.25) is 0 Å². The summed E-state index contributed by atoms with van der Waals surface area (Å²) < 4.78 is 89.9. The number of nitrogens with zero attached hydrogens (tertiary/aromatic N) is 3. The highest BCUT2D eigenvalue weighted by Crippen LogP contribution is 2.45. The number of hydrogen-bond donors (Lipinski definition) is 0. The minimum atomic E-state index is -5.10. The van der Waals surface area contributed by atoms with Gasteiger partial charge >= 0.3 is 12.4 Å². The fraction of sp³-hybridized carbons (Fsp3) is 0.189. The lowest BCUT2D eigenvalue weighted by molar-refractivity contribution is -0.142. The summed E-state index contributed by atoms with van der Waals surface area (Å²) in [6, 6.07) is 42.9. The number of benzene rings is 7. The first-order valence-electron chi connectivity index (χ1n) is 20.3. The van der Waals surface area contributed by atoms with Gasteiger partial charge in [-0.2, -0.15) is 31.6 Å². The van der Waals surface area contributed by atoms with E-state index in [9.17, 15) is 31.6 Å². The minimum absolute atomic E-state index is 0.0430. The van der Waals surface area contributed by atoms with E-state index < -0.39 is 29.0 Å². The van der Waals surface area contributed by atoms with Crippen LogP contribution in [0.5, 0.6) is 0 Å². The molecule has 9 aromatic rings. The lowest BCUT2D eigenvalue weighted by Crippen LogP contribution is -2.12. The summed E-state index contributed by atoms with van der Waals surface area (Å²) in [5.41, 5.74) is 4.78. The first-order valence-corrected chi connectivity index (χ1v) is 20.3. The van der Waals surface area contributed by atoms with Crippen molar-refractivity contribution in [2.75, 3.05) is 0 Å². The van der Waals surface area contributed by atoms with Crippen LogP contribution in [0.3, 0.4) is 0 Å². The molecule has 0 aliphatic carbocycles. The summed E-state index contributed by atoms with van der Waals surface area (Å²) in [4.78, 5) is 0. The summed E-state index contributed by atoms with van der Waals surface area (Å²) in [5, 5.41) is 14.8. The molecule has 9 heteroatoms. The molecule has 0 spiro atoms. The molecule has 0 bridgehead atoms. The highest BCUT2D eigenvalue weighted by atomic mass is 19.4. The Morgan fingerprint density at radius 1 is 0.435 bits per heavy atom. The molecule has 7 aromatic carbocycles. The standard InChI is InChI=1S/C53H41F6N3/c1-50(2,3)33-18-23-47-42(26-33)38-11-7-9-13-45(38)61(47)36-20-15-32(30-60)40(29-36)41-25-31(37-21-17-35(52(54,55)56)28-44(37)53(57,58)59)16-22-48(41)62-46-14-10-8-12-39(46)43-27-34(51(4,5)6)19-24-49(43)62/h7-29H,1-6H3. The first kappa shape index (κ1) is 40.6. The van der Waals surface area contributed by atoms with E-state index in [0.717, 1.165) is 60.8 Å². The van der Waals surface area contributed by atoms with Crippen LogP contribution in [0.1, 0.15) is 69.4 Å². The average molecular weight is 834 g/mol. The van der Waals surface area contributed by atoms with Gasteiger partial charge in [0, 0.05) is 38.4 Å². The van der Waals surface area contributed by atoms with Crippen LogP contribution in [0.15, 0.2) is 140 Å². The third-order valence-corrected chi connectivity index (χ3v) is 11.9. The van der Waals surface area contributed by atoms with Crippen molar-refractivity contribution >= 4 is 43.6 Å². The lowest BCUT2D eigenvalue weighted by Gasteiger charge is -2.21. The molecule has 0 atom stereocenters. The molecule has 0 N–H and O–H groups in total. The Balaban J connectivity index is 1.37. The maximum Gasteiger partial charge on any atom is 0.417 e. The first-order chi connectivity index (χ1) is 29.2. The van der Waals surface area contributed by atoms with E-state index >= 15 is 0 Å². The van der Waals surface area contributed by atoms with Gasteiger partial charge in [-0.1, -0.05) is 102 Å². The summed E-state index contributed by atoms with van der Waals surface area (Å²) in [6.07, 6.45) is -10.1. The van der Waals surface area contributed by atoms with E-state index in [1.54, 1.807) is 18.2 Å². The van der Waals surface area contributed by atoms with Crippen LogP contribution in [0.25, 0.3) is 77.2 Å². The highest BCUT2D eigenvalue weighted by Gasteiger charge is 2.38. The van der Waals surface area contributed by atoms with Gasteiger partial charge in [0.1, 0.15) is 0 Å². The number of aromatic nitrogens is 2. The fourth-order valence-corrected chi connectivity index (χ4v) is 8.73. The van der Waals surface area contributed by atoms with Gasteiger partial charge in [-0.15, -0.1) is 0 Å². The van der Waals surface area contributed by atoms with Crippen molar-refractivity contribution in [3.8, 4) is 39.7 Å². The molecule has 0 amide bonds. The molecule has 62 heavy (non-hydrogen) atoms. The fourth-order valence-electron chi connectivity index (χ4n) is 8.73. The topological polar surface area (TPSA) is 33.6 Å². The predicted molar refractivity (Wildman–Crippen MR) is 238 cm³/mol. The summed E-state index contributed by atoms with van der Waals surface area (Å²) in [5.74, 6) is 0. The SMILES string of the molecule is CC(C)(C)c1ccc2c(c1)c1ccccc1n2-c1ccc(C#N)c(-c2cc(-c3ccc(C(F)(F)F)cc3C(F)(F)F)ccc2-n2c3ccccc3c3cc(C(C)(C)C)ccc32)c1. The van der Waals surface area contributed by atoms with Gasteiger partial charge in [-0.25, -0.2) is 0 Å². The van der Waals surface area contributed by atoms with Gasteiger partial charge in [-0.05, 0) is 112 Å². The van der Waals surface area contributed by atoms with Crippen molar-refractivity contribution in [1.29, 1.82) is 5.26 Å². The Morgan fingerprint density at radius 2 is 0.968 bits per heavy atom. The largest absolute Gasteiger partial charge is 0.417 e. The number of rotatable bonds is 4. The van der Waals surface area contributed by atoms with Crippen molar-refractivity contribution in [3.05, 3.63) is 167 Å². The quantitative estimate of drug-likeness (QED) is 0.163. The average Bonchev–Trinajstić information content (AvgIpc) is 3.74. The van der Waals surface area contributed by atoms with Crippen molar-refractivity contribution in [1.82, 2.24) is 9.13 Å². The molecule has 0 saturated heterocycles. The maximum absolute atomic E-state index is 14.8. The number of para-hydroxylation sites is 2. The Bertz CT molecular complexity index is 3300. The minimum Gasteiger partial charge on any atom is -0.309 e. The van der Waals surface area contributed by atoms with Crippen LogP contribution >= 0.6 is 0 Å². The van der Waals surface area contributed by atoms with Crippen LogP contribution in [0.2, 0.25) is 0 Å². The molecule has 0 saturated carbocycles. The van der Waals surface area contributed by atoms with Crippen LogP contribution in [0, 0.1) is 11.3 Å². The molecule has 310 valence electrons. The monoisotopic (exact) mass is 833 g/mol. The molecule has 2 heterocycles. The smallest absolute Gasteiger partial charge is 0.309 e. The van der Waals surface area contributed by atoms with E-state index in [0.29, 0.717) is 28.6 Å². The van der Waals surface area contributed by atoms with Crippen LogP contribution in [0.4, 0.5) is 26.3 Å². The Hall–Kier alpha value is -6.79. The number of nitriles is 1. The second-order valence-electron chi connectivity index (χ2n) is 18.0. The zero-order valence-electron chi connectivity index (χ0n) is 34.9. The second-order valence-corrected chi connectivity index (χ2v) is 18.0. The molecule has 2 aromatic heterocycles. The Labute approximate surface area is 355 Å². The van der Waals surface area contributed by atoms with E-state index in [-0.39, 0.29) is 28.0 Å². The normalized spacial score (nSPS) is 12.8. The van der Waals surface area contributed by atoms with Gasteiger partial charge < -0.3 is 9.13 Å². The molecular formula is C53H41F6N3. The molecule has 0 unspecified atom stereocenters. The van der Waals surface area contributed by atoms with Crippen molar-refractivity contribution < 1.29 is 26.3 Å². The number of fused-ring (bicyclic) bond motifs is 6. The molecular weight excluding hydrogens is 793 g/mol. The molecule has 0 radical (unpaired) electrons. The lowest BCUT2D eigenvalue weighted by atomic mass is 9.86. The maximum atomic E-state index is 14.8. The molecule has 0 aliphatic heterocycles. The molecule has 0 fully saturated rings. The number of alkyl halides is 6. The third-order valence-electron chi connectivity index (χ3n) is 11.9. The molecule has 3 nitrogen and oxygen atoms in total. The zero-order valence-corrected chi connectivity index (χ0v) is 34.9. The van der Waals surface area contributed by atoms with Crippen molar-refractivity contribution in [2.24, 2.45) is 0 Å². The van der Waals surface area contributed by atoms with Gasteiger partial charge in [0.05, 0.1) is 50.5 Å². The summed E-state index contributed by atoms with van der Waals surface area (Å²) in [6.45, 7) is 12.9. The van der Waals surface area contributed by atoms with Crippen molar-refractivity contribution in [2.45, 2.75) is 64.7 Å². The summed E-state index contributed by atoms with van der Waals surface area (Å²) >= 11 is 0. The van der Waals surface area contributed by atoms with Crippen LogP contribution in [-0.2, 0) is 23.2 Å². The van der Waals surface area contributed by atoms with Crippen molar-refractivity contribution in [3.63, 3.8) is 0 Å². The van der Waals surface area contributed by atoms with Crippen LogP contribution in [-0.4, -0.2) is 9.13 Å². The third kappa shape index (κ3) is 6.78. The Kier molecular flexibility index (Phi) is 9.26. The van der Waals surface area contributed by atoms with E-state index in [2.05, 4.69) is 93.1 Å². The van der Waals surface area contributed by atoms with Gasteiger partial charge in [0.15, 0.2) is 0 Å².